The number of carbonyl (C=O) groups is 2. The van der Waals surface area contributed by atoms with E-state index in [1.54, 1.807) is 35.0 Å². The minimum Gasteiger partial charge on any atom is -0.483 e. The molecule has 6 rings (SSSR count). The molecule has 39 heavy (non-hydrogen) atoms. The number of benzene rings is 1. The summed E-state index contributed by atoms with van der Waals surface area (Å²) in [5, 5.41) is 8.03. The highest BCUT2D eigenvalue weighted by molar-refractivity contribution is 6.31. The Hall–Kier alpha value is -3.60. The first-order valence-corrected chi connectivity index (χ1v) is 13.8. The van der Waals surface area contributed by atoms with E-state index in [1.165, 1.54) is 4.52 Å². The number of amides is 2. The van der Waals surface area contributed by atoms with Gasteiger partial charge in [-0.05, 0) is 50.3 Å². The lowest BCUT2D eigenvalue weighted by molar-refractivity contribution is -0.123. The molecule has 1 N–H and O–H groups in total. The van der Waals surface area contributed by atoms with Gasteiger partial charge in [0.25, 0.3) is 11.8 Å². The summed E-state index contributed by atoms with van der Waals surface area (Å²) in [7, 11) is 1.77. The topological polar surface area (TPSA) is 95.3 Å². The highest BCUT2D eigenvalue weighted by Crippen LogP contribution is 2.36. The first-order valence-electron chi connectivity index (χ1n) is 13.5. The molecule has 2 fully saturated rings. The molecule has 5 heterocycles. The van der Waals surface area contributed by atoms with Crippen molar-refractivity contribution in [2.24, 2.45) is 0 Å². The van der Waals surface area contributed by atoms with Crippen LogP contribution in [-0.2, 0) is 4.79 Å². The fourth-order valence-electron chi connectivity index (χ4n) is 5.70. The van der Waals surface area contributed by atoms with Crippen LogP contribution in [0.4, 0.5) is 16.0 Å². The molecule has 0 aliphatic carbocycles. The Balaban J connectivity index is 1.50. The van der Waals surface area contributed by atoms with Crippen LogP contribution in [-0.4, -0.2) is 77.7 Å². The summed E-state index contributed by atoms with van der Waals surface area (Å²) >= 11 is 6.27. The summed E-state index contributed by atoms with van der Waals surface area (Å²) in [6.07, 6.45) is 4.45. The molecule has 2 bridgehead atoms. The van der Waals surface area contributed by atoms with Crippen molar-refractivity contribution >= 4 is 40.7 Å². The van der Waals surface area contributed by atoms with E-state index in [1.807, 2.05) is 11.0 Å². The van der Waals surface area contributed by atoms with Crippen molar-refractivity contribution in [3.63, 3.8) is 0 Å². The lowest BCUT2D eigenvalue weighted by atomic mass is 9.98. The number of carbonyl (C=O) groups excluding carboxylic acids is 2. The Morgan fingerprint density at radius 1 is 1.08 bits per heavy atom. The second-order valence-corrected chi connectivity index (χ2v) is 10.8. The third-order valence-electron chi connectivity index (χ3n) is 7.70. The number of nitrogens with one attached hydrogen (secondary N) is 1. The van der Waals surface area contributed by atoms with Crippen molar-refractivity contribution in [3.05, 3.63) is 46.4 Å². The van der Waals surface area contributed by atoms with E-state index >= 15 is 4.39 Å². The Morgan fingerprint density at radius 3 is 2.69 bits per heavy atom. The molecule has 1 aromatic carbocycles. The number of hydrogen-bond donors (Lipinski definition) is 1. The number of hydrogen-bond acceptors (Lipinski definition) is 7. The van der Waals surface area contributed by atoms with E-state index in [0.717, 1.165) is 38.8 Å². The van der Waals surface area contributed by atoms with Crippen molar-refractivity contribution < 1.29 is 18.7 Å². The molecule has 1 atom stereocenters. The van der Waals surface area contributed by atoms with Gasteiger partial charge >= 0.3 is 0 Å². The smallest absolute Gasteiger partial charge is 0.258 e. The van der Waals surface area contributed by atoms with Gasteiger partial charge in [-0.15, -0.1) is 0 Å². The van der Waals surface area contributed by atoms with Crippen LogP contribution in [0.1, 0.15) is 54.2 Å². The Bertz CT molecular complexity index is 1420. The van der Waals surface area contributed by atoms with Crippen molar-refractivity contribution in [3.8, 4) is 5.75 Å². The first-order chi connectivity index (χ1) is 18.9. The van der Waals surface area contributed by atoms with Crippen LogP contribution >= 0.6 is 11.6 Å². The lowest BCUT2D eigenvalue weighted by Crippen LogP contribution is -2.39. The number of halogens is 2. The Morgan fingerprint density at radius 2 is 1.87 bits per heavy atom. The van der Waals surface area contributed by atoms with E-state index in [4.69, 9.17) is 26.4 Å². The average molecular weight is 556 g/mol. The zero-order chi connectivity index (χ0) is 27.1. The van der Waals surface area contributed by atoms with Gasteiger partial charge in [0.1, 0.15) is 5.75 Å². The largest absolute Gasteiger partial charge is 0.483 e. The van der Waals surface area contributed by atoms with E-state index in [2.05, 4.69) is 5.32 Å². The van der Waals surface area contributed by atoms with E-state index in [9.17, 15) is 9.59 Å². The summed E-state index contributed by atoms with van der Waals surface area (Å²) in [4.78, 5) is 36.7. The van der Waals surface area contributed by atoms with Gasteiger partial charge in [0.2, 0.25) is 5.82 Å². The van der Waals surface area contributed by atoms with Crippen molar-refractivity contribution in [1.82, 2.24) is 24.8 Å². The predicted octanol–water partition coefficient (Wildman–Crippen LogP) is 3.43. The van der Waals surface area contributed by atoms with Gasteiger partial charge in [-0.2, -0.15) is 14.0 Å². The Labute approximate surface area is 230 Å². The summed E-state index contributed by atoms with van der Waals surface area (Å²) in [5.74, 6) is -0.169. The van der Waals surface area contributed by atoms with Crippen molar-refractivity contribution in [2.45, 2.75) is 38.1 Å². The molecular weight excluding hydrogens is 525 g/mol. The zero-order valence-electron chi connectivity index (χ0n) is 21.8. The predicted molar refractivity (Wildman–Crippen MR) is 145 cm³/mol. The van der Waals surface area contributed by atoms with Gasteiger partial charge in [-0.1, -0.05) is 11.6 Å². The molecule has 0 spiro atoms. The minimum atomic E-state index is -0.447. The number of nitrogens with zero attached hydrogens (tertiary/aromatic N) is 6. The second-order valence-electron chi connectivity index (χ2n) is 10.3. The standard InChI is InChI=1S/C27H31ClFN7O3/c1-33-13-9-30-23(37)16-39-21-8-7-17(28)14-18(21)27(38)35-12-3-2-6-20(35)19-15-22-31-25(34-10-4-5-11-34)24(29)26(33)36(22)32-19/h7-8,14-15,20H,2-6,9-13,16H2,1H3,(H,30,37)/t20-/m0/s1. The molecule has 12 heteroatoms. The number of anilines is 2. The fraction of sp³-hybridized carbons (Fsp3) is 0.481. The van der Waals surface area contributed by atoms with E-state index in [0.29, 0.717) is 53.0 Å². The van der Waals surface area contributed by atoms with Gasteiger partial charge in [-0.3, -0.25) is 9.59 Å². The highest BCUT2D eigenvalue weighted by Gasteiger charge is 2.34. The molecule has 10 nitrogen and oxygen atoms in total. The van der Waals surface area contributed by atoms with Gasteiger partial charge in [0, 0.05) is 50.9 Å². The number of likely N-dealkylation sites (N-methyl/N-ethyl adjacent to an activating group) is 1. The summed E-state index contributed by atoms with van der Waals surface area (Å²) in [5.41, 5.74) is 1.47. The minimum absolute atomic E-state index is 0.254. The Kier molecular flexibility index (Phi) is 6.92. The maximum absolute atomic E-state index is 16.1. The molecular formula is C27H31ClFN7O3. The van der Waals surface area contributed by atoms with Crippen LogP contribution in [0.2, 0.25) is 5.02 Å². The second kappa shape index (κ2) is 10.5. The summed E-state index contributed by atoms with van der Waals surface area (Å²) in [6, 6.07) is 6.35. The molecule has 0 unspecified atom stereocenters. The third-order valence-corrected chi connectivity index (χ3v) is 7.93. The molecule has 2 aromatic heterocycles. The summed E-state index contributed by atoms with van der Waals surface area (Å²) < 4.78 is 23.4. The molecule has 3 aliphatic heterocycles. The molecule has 3 aliphatic rings. The first kappa shape index (κ1) is 25.7. The number of aromatic nitrogens is 3. The van der Waals surface area contributed by atoms with Gasteiger partial charge in [-0.25, -0.2) is 4.98 Å². The molecule has 2 saturated heterocycles. The third kappa shape index (κ3) is 4.84. The van der Waals surface area contributed by atoms with Crippen LogP contribution in [0.3, 0.4) is 0 Å². The molecule has 3 aromatic rings. The van der Waals surface area contributed by atoms with Gasteiger partial charge in [0.05, 0.1) is 17.3 Å². The number of rotatable bonds is 1. The van der Waals surface area contributed by atoms with E-state index < -0.39 is 5.82 Å². The molecule has 0 radical (unpaired) electrons. The van der Waals surface area contributed by atoms with Crippen molar-refractivity contribution in [1.29, 1.82) is 0 Å². The lowest BCUT2D eigenvalue weighted by Gasteiger charge is -2.35. The van der Waals surface area contributed by atoms with Crippen LogP contribution in [0.5, 0.6) is 5.75 Å². The molecule has 206 valence electrons. The summed E-state index contributed by atoms with van der Waals surface area (Å²) in [6.45, 7) is 2.36. The molecule has 0 saturated carbocycles. The zero-order valence-corrected chi connectivity index (χ0v) is 22.6. The SMILES string of the molecule is CN1CCNC(=O)COc2ccc(Cl)cc2C(=O)N2CCCC[C@H]2c2cc3nc(N4CCCC4)c(F)c1n3n2. The van der Waals surface area contributed by atoms with Crippen molar-refractivity contribution in [2.75, 3.05) is 56.2 Å². The maximum atomic E-state index is 16.1. The van der Waals surface area contributed by atoms with Crippen LogP contribution in [0.15, 0.2) is 24.3 Å². The number of fused-ring (bicyclic) bond motifs is 4. The van der Waals surface area contributed by atoms with E-state index in [-0.39, 0.29) is 36.8 Å². The maximum Gasteiger partial charge on any atom is 0.258 e. The monoisotopic (exact) mass is 555 g/mol. The van der Waals surface area contributed by atoms with Crippen LogP contribution in [0.25, 0.3) is 5.65 Å². The highest BCUT2D eigenvalue weighted by atomic mass is 35.5. The van der Waals surface area contributed by atoms with Crippen LogP contribution in [0, 0.1) is 5.82 Å². The quantitative estimate of drug-likeness (QED) is 0.491. The molecule has 2 amide bonds. The fourth-order valence-corrected chi connectivity index (χ4v) is 5.87. The normalized spacial score (nSPS) is 20.7. The van der Waals surface area contributed by atoms with Gasteiger partial charge in [0.15, 0.2) is 23.9 Å². The van der Waals surface area contributed by atoms with Crippen LogP contribution < -0.4 is 19.9 Å². The number of piperidine rings is 1. The average Bonchev–Trinajstić information content (AvgIpc) is 3.61. The number of ether oxygens (including phenoxy) is 1. The van der Waals surface area contributed by atoms with Gasteiger partial charge < -0.3 is 24.8 Å².